The van der Waals surface area contributed by atoms with E-state index in [1.807, 2.05) is 13.8 Å². The van der Waals surface area contributed by atoms with Crippen molar-refractivity contribution in [2.24, 2.45) is 0 Å². The molecule has 1 rings (SSSR count). The van der Waals surface area contributed by atoms with E-state index in [1.54, 1.807) is 6.07 Å². The van der Waals surface area contributed by atoms with Crippen LogP contribution in [0.2, 0.25) is 0 Å². The predicted molar refractivity (Wildman–Crippen MR) is 50.3 cm³/mol. The van der Waals surface area contributed by atoms with Gasteiger partial charge in [-0.25, -0.2) is 0 Å². The van der Waals surface area contributed by atoms with Gasteiger partial charge in [-0.15, -0.1) is 0 Å². The first-order chi connectivity index (χ1) is 4.61. The Kier molecular flexibility index (Phi) is 2.18. The Morgan fingerprint density at radius 2 is 1.90 bits per heavy atom. The van der Waals surface area contributed by atoms with Gasteiger partial charge in [0.2, 0.25) is 0 Å². The number of aromatic hydroxyl groups is 1. The second kappa shape index (κ2) is 2.78. The largest absolute Gasteiger partial charge is 0.508 e. The van der Waals surface area contributed by atoms with Gasteiger partial charge in [-0.05, 0) is 59.7 Å². The van der Waals surface area contributed by atoms with E-state index in [-0.39, 0.29) is 0 Å². The van der Waals surface area contributed by atoms with Gasteiger partial charge in [0.25, 0.3) is 0 Å². The summed E-state index contributed by atoms with van der Waals surface area (Å²) in [6.07, 6.45) is 0. The molecule has 0 amide bonds. The zero-order chi connectivity index (χ0) is 7.72. The van der Waals surface area contributed by atoms with Crippen molar-refractivity contribution < 1.29 is 5.11 Å². The lowest BCUT2D eigenvalue weighted by Gasteiger charge is -2.02. The molecule has 0 unspecified atom stereocenters. The summed E-state index contributed by atoms with van der Waals surface area (Å²) in [5.41, 5.74) is 2.12. The van der Waals surface area contributed by atoms with Gasteiger partial charge >= 0.3 is 0 Å². The molecule has 1 aromatic rings. The molecule has 0 aromatic heterocycles. The first kappa shape index (κ1) is 7.85. The van der Waals surface area contributed by atoms with Gasteiger partial charge in [0.15, 0.2) is 0 Å². The van der Waals surface area contributed by atoms with Crippen molar-refractivity contribution in [1.29, 1.82) is 0 Å². The summed E-state index contributed by atoms with van der Waals surface area (Å²) in [6, 6.07) is 3.82. The van der Waals surface area contributed by atoms with Crippen LogP contribution in [-0.4, -0.2) is 5.11 Å². The van der Waals surface area contributed by atoms with Crippen LogP contribution in [0.25, 0.3) is 0 Å². The highest BCUT2D eigenvalue weighted by atomic mass is 127. The lowest BCUT2D eigenvalue weighted by atomic mass is 10.1. The van der Waals surface area contributed by atoms with Crippen molar-refractivity contribution in [2.45, 2.75) is 13.8 Å². The molecule has 1 nitrogen and oxygen atoms in total. The maximum absolute atomic E-state index is 9.28. The molecule has 0 saturated carbocycles. The normalized spacial score (nSPS) is 9.90. The quantitative estimate of drug-likeness (QED) is 0.699. The zero-order valence-corrected chi connectivity index (χ0v) is 8.14. The highest BCUT2D eigenvalue weighted by Gasteiger charge is 1.99. The molecule has 1 aromatic carbocycles. The summed E-state index contributed by atoms with van der Waals surface area (Å²) in [5.74, 6) is 0.393. The fourth-order valence-electron chi connectivity index (χ4n) is 0.798. The van der Waals surface area contributed by atoms with Gasteiger partial charge in [0.05, 0.1) is 0 Å². The number of phenols is 1. The summed E-state index contributed by atoms with van der Waals surface area (Å²) in [5, 5.41) is 9.28. The van der Waals surface area contributed by atoms with Crippen molar-refractivity contribution >= 4 is 22.6 Å². The van der Waals surface area contributed by atoms with E-state index >= 15 is 0 Å². The fraction of sp³-hybridized carbons (Fsp3) is 0.250. The van der Waals surface area contributed by atoms with Gasteiger partial charge in [0, 0.05) is 3.57 Å². The fourth-order valence-corrected chi connectivity index (χ4v) is 1.56. The van der Waals surface area contributed by atoms with Crippen molar-refractivity contribution in [3.63, 3.8) is 0 Å². The van der Waals surface area contributed by atoms with E-state index in [9.17, 15) is 5.11 Å². The molecule has 10 heavy (non-hydrogen) atoms. The van der Waals surface area contributed by atoms with Crippen LogP contribution in [0.4, 0.5) is 0 Å². The molecular weight excluding hydrogens is 239 g/mol. The molecule has 0 atom stereocenters. The Labute approximate surface area is 74.2 Å². The summed E-state index contributed by atoms with van der Waals surface area (Å²) >= 11 is 2.19. The smallest absolute Gasteiger partial charge is 0.119 e. The number of aryl methyl sites for hydroxylation is 1. The third-order valence-electron chi connectivity index (χ3n) is 1.60. The van der Waals surface area contributed by atoms with Gasteiger partial charge in [-0.2, -0.15) is 0 Å². The van der Waals surface area contributed by atoms with E-state index in [1.165, 1.54) is 0 Å². The maximum Gasteiger partial charge on any atom is 0.119 e. The number of benzene rings is 1. The van der Waals surface area contributed by atoms with E-state index in [2.05, 4.69) is 28.7 Å². The Morgan fingerprint density at radius 1 is 1.30 bits per heavy atom. The molecule has 0 aliphatic carbocycles. The number of hydrogen-bond donors (Lipinski definition) is 1. The number of phenolic OH excluding ortho intramolecular Hbond substituents is 1. The van der Waals surface area contributed by atoms with Crippen LogP contribution >= 0.6 is 22.6 Å². The van der Waals surface area contributed by atoms with Crippen LogP contribution in [0, 0.1) is 17.4 Å². The second-order valence-corrected chi connectivity index (χ2v) is 3.61. The minimum absolute atomic E-state index is 0.393. The molecule has 0 bridgehead atoms. The van der Waals surface area contributed by atoms with Crippen molar-refractivity contribution in [2.75, 3.05) is 0 Å². The number of halogens is 1. The summed E-state index contributed by atoms with van der Waals surface area (Å²) < 4.78 is 1.08. The Balaban J connectivity index is 3.31. The highest BCUT2D eigenvalue weighted by molar-refractivity contribution is 14.1. The average molecular weight is 248 g/mol. The molecule has 0 radical (unpaired) electrons. The number of hydrogen-bond acceptors (Lipinski definition) is 1. The maximum atomic E-state index is 9.28. The Bertz CT molecular complexity index is 232. The van der Waals surface area contributed by atoms with Gasteiger partial charge in [-0.3, -0.25) is 0 Å². The van der Waals surface area contributed by atoms with Crippen LogP contribution < -0.4 is 0 Å². The monoisotopic (exact) mass is 248 g/mol. The topological polar surface area (TPSA) is 20.2 Å². The first-order valence-corrected chi connectivity index (χ1v) is 4.15. The average Bonchev–Trinajstić information content (AvgIpc) is 1.82. The SMILES string of the molecule is Cc1cc(I)cc(O)c1C. The van der Waals surface area contributed by atoms with Crippen molar-refractivity contribution in [3.05, 3.63) is 26.8 Å². The molecular formula is C8H9IO. The van der Waals surface area contributed by atoms with Crippen LogP contribution in [0.1, 0.15) is 11.1 Å². The molecule has 0 fully saturated rings. The molecule has 1 N–H and O–H groups in total. The molecule has 0 aliphatic rings. The molecule has 0 saturated heterocycles. The minimum atomic E-state index is 0.393. The summed E-state index contributed by atoms with van der Waals surface area (Å²) in [6.45, 7) is 3.91. The van der Waals surface area contributed by atoms with Crippen LogP contribution in [0.5, 0.6) is 5.75 Å². The second-order valence-electron chi connectivity index (χ2n) is 2.37. The first-order valence-electron chi connectivity index (χ1n) is 3.07. The van der Waals surface area contributed by atoms with Crippen molar-refractivity contribution in [1.82, 2.24) is 0 Å². The van der Waals surface area contributed by atoms with E-state index in [0.717, 1.165) is 14.7 Å². The van der Waals surface area contributed by atoms with Crippen LogP contribution in [0.3, 0.4) is 0 Å². The van der Waals surface area contributed by atoms with Crippen molar-refractivity contribution in [3.8, 4) is 5.75 Å². The Hall–Kier alpha value is -0.250. The molecule has 54 valence electrons. The predicted octanol–water partition coefficient (Wildman–Crippen LogP) is 2.61. The zero-order valence-electron chi connectivity index (χ0n) is 5.98. The minimum Gasteiger partial charge on any atom is -0.508 e. The standard InChI is InChI=1S/C8H9IO/c1-5-3-7(9)4-8(10)6(5)2/h3-4,10H,1-2H3. The van der Waals surface area contributed by atoms with Crippen LogP contribution in [-0.2, 0) is 0 Å². The summed E-state index contributed by atoms with van der Waals surface area (Å²) in [7, 11) is 0. The van der Waals surface area contributed by atoms with Crippen LogP contribution in [0.15, 0.2) is 12.1 Å². The molecule has 0 spiro atoms. The molecule has 0 aliphatic heterocycles. The van der Waals surface area contributed by atoms with Gasteiger partial charge in [0.1, 0.15) is 5.75 Å². The lowest BCUT2D eigenvalue weighted by molar-refractivity contribution is 0.470. The van der Waals surface area contributed by atoms with E-state index in [4.69, 9.17) is 0 Å². The molecule has 2 heteroatoms. The van der Waals surface area contributed by atoms with Gasteiger partial charge < -0.3 is 5.11 Å². The third kappa shape index (κ3) is 1.42. The Morgan fingerprint density at radius 3 is 2.40 bits per heavy atom. The third-order valence-corrected chi connectivity index (χ3v) is 2.23. The highest BCUT2D eigenvalue weighted by Crippen LogP contribution is 2.22. The summed E-state index contributed by atoms with van der Waals surface area (Å²) in [4.78, 5) is 0. The lowest BCUT2D eigenvalue weighted by Crippen LogP contribution is -1.82. The van der Waals surface area contributed by atoms with E-state index < -0.39 is 0 Å². The molecule has 0 heterocycles. The van der Waals surface area contributed by atoms with Gasteiger partial charge in [-0.1, -0.05) is 0 Å². The number of rotatable bonds is 0. The van der Waals surface area contributed by atoms with E-state index in [0.29, 0.717) is 5.75 Å².